The van der Waals surface area contributed by atoms with Crippen LogP contribution in [0.25, 0.3) is 0 Å². The number of nitrogens with two attached hydrogens (primary N) is 1. The van der Waals surface area contributed by atoms with Gasteiger partial charge in [-0.15, -0.1) is 11.8 Å². The van der Waals surface area contributed by atoms with Crippen molar-refractivity contribution in [2.24, 2.45) is 16.1 Å². The molecule has 0 aromatic heterocycles. The molecular weight excluding hydrogens is 284 g/mol. The first-order valence-electron chi connectivity index (χ1n) is 7.01. The fourth-order valence-electron chi connectivity index (χ4n) is 1.55. The molecule has 1 aromatic rings. The summed E-state index contributed by atoms with van der Waals surface area (Å²) >= 11 is 1.67. The molecule has 0 amide bonds. The van der Waals surface area contributed by atoms with Crippen molar-refractivity contribution >= 4 is 23.4 Å². The highest BCUT2D eigenvalue weighted by atomic mass is 32.2. The number of aliphatic hydroxyl groups is 1. The lowest BCUT2D eigenvalue weighted by Gasteiger charge is -2.21. The summed E-state index contributed by atoms with van der Waals surface area (Å²) in [7, 11) is 0. The van der Waals surface area contributed by atoms with Crippen LogP contribution in [0.15, 0.2) is 34.2 Å². The van der Waals surface area contributed by atoms with Crippen LogP contribution >= 0.6 is 11.8 Å². The minimum absolute atomic E-state index is 0.0488. The van der Waals surface area contributed by atoms with E-state index in [2.05, 4.69) is 35.5 Å². The number of rotatable bonds is 7. The zero-order valence-corrected chi connectivity index (χ0v) is 13.8. The molecule has 0 atom stereocenters. The largest absolute Gasteiger partial charge is 0.395 e. The number of hydrogen-bond acceptors (Lipinski definition) is 4. The van der Waals surface area contributed by atoms with E-state index in [0.717, 1.165) is 10.6 Å². The van der Waals surface area contributed by atoms with Gasteiger partial charge >= 0.3 is 0 Å². The van der Waals surface area contributed by atoms with Crippen molar-refractivity contribution in [2.75, 3.05) is 37.8 Å². The lowest BCUT2D eigenvalue weighted by Crippen LogP contribution is -2.35. The normalized spacial score (nSPS) is 12.3. The fourth-order valence-corrected chi connectivity index (χ4v) is 2.10. The van der Waals surface area contributed by atoms with Crippen molar-refractivity contribution in [1.29, 1.82) is 0 Å². The van der Waals surface area contributed by atoms with E-state index in [1.165, 1.54) is 0 Å². The van der Waals surface area contributed by atoms with Gasteiger partial charge in [-0.2, -0.15) is 0 Å². The van der Waals surface area contributed by atoms with E-state index in [1.807, 2.05) is 24.5 Å². The van der Waals surface area contributed by atoms with Crippen LogP contribution in [0, 0.1) is 5.41 Å². The first-order chi connectivity index (χ1) is 10.0. The van der Waals surface area contributed by atoms with Gasteiger partial charge in [0.2, 0.25) is 0 Å². The van der Waals surface area contributed by atoms with E-state index in [4.69, 9.17) is 10.8 Å². The number of para-hydroxylation sites is 1. The van der Waals surface area contributed by atoms with Gasteiger partial charge < -0.3 is 21.5 Å². The van der Waals surface area contributed by atoms with Gasteiger partial charge in [0, 0.05) is 18.0 Å². The molecule has 0 spiro atoms. The number of benzene rings is 1. The predicted molar refractivity (Wildman–Crippen MR) is 92.1 cm³/mol. The van der Waals surface area contributed by atoms with Gasteiger partial charge in [0.25, 0.3) is 0 Å². The number of aliphatic imine (C=N–C) groups is 1. The molecule has 0 aliphatic heterocycles. The van der Waals surface area contributed by atoms with Crippen molar-refractivity contribution in [1.82, 2.24) is 5.32 Å². The molecule has 0 saturated carbocycles. The molecule has 118 valence electrons. The Labute approximate surface area is 131 Å². The van der Waals surface area contributed by atoms with Crippen molar-refractivity contribution < 1.29 is 5.11 Å². The Balaban J connectivity index is 2.84. The molecule has 6 heteroatoms. The van der Waals surface area contributed by atoms with Crippen LogP contribution in [0.1, 0.15) is 13.8 Å². The number of nitrogens with zero attached hydrogens (tertiary/aromatic N) is 1. The zero-order valence-electron chi connectivity index (χ0n) is 13.0. The van der Waals surface area contributed by atoms with Crippen LogP contribution in [0.4, 0.5) is 5.69 Å². The molecule has 0 radical (unpaired) electrons. The maximum absolute atomic E-state index is 8.99. The Bertz CT molecular complexity index is 463. The van der Waals surface area contributed by atoms with E-state index >= 15 is 0 Å². The van der Waals surface area contributed by atoms with Crippen LogP contribution in [0.3, 0.4) is 0 Å². The standard InChI is InChI=1S/C15H26N4OS/c1-15(2,10-16)11-18-14(17-8-9-20)19-12-6-4-5-7-13(12)21-3/h4-7,20H,8-11,16H2,1-3H3,(H2,17,18,19). The average Bonchev–Trinajstić information content (AvgIpc) is 2.50. The van der Waals surface area contributed by atoms with Crippen LogP contribution < -0.4 is 16.4 Å². The molecule has 0 unspecified atom stereocenters. The van der Waals surface area contributed by atoms with Crippen LogP contribution in [0.5, 0.6) is 0 Å². The topological polar surface area (TPSA) is 82.7 Å². The highest BCUT2D eigenvalue weighted by Crippen LogP contribution is 2.24. The average molecular weight is 310 g/mol. The molecule has 0 saturated heterocycles. The van der Waals surface area contributed by atoms with Crippen molar-refractivity contribution in [3.8, 4) is 0 Å². The van der Waals surface area contributed by atoms with E-state index < -0.39 is 0 Å². The summed E-state index contributed by atoms with van der Waals surface area (Å²) in [5, 5.41) is 15.4. The minimum atomic E-state index is -0.0488. The predicted octanol–water partition coefficient (Wildman–Crippen LogP) is 1.74. The smallest absolute Gasteiger partial charge is 0.195 e. The summed E-state index contributed by atoms with van der Waals surface area (Å²) in [6.45, 7) is 5.87. The number of aliphatic hydroxyl groups excluding tert-OH is 1. The van der Waals surface area contributed by atoms with Gasteiger partial charge in [-0.3, -0.25) is 4.99 Å². The monoisotopic (exact) mass is 310 g/mol. The van der Waals surface area contributed by atoms with Gasteiger partial charge in [-0.25, -0.2) is 0 Å². The number of nitrogens with one attached hydrogen (secondary N) is 2. The summed E-state index contributed by atoms with van der Waals surface area (Å²) in [6.07, 6.45) is 2.04. The number of guanidine groups is 1. The maximum Gasteiger partial charge on any atom is 0.195 e. The molecule has 0 aliphatic rings. The van der Waals surface area contributed by atoms with Crippen LogP contribution in [-0.4, -0.2) is 43.6 Å². The second kappa shape index (κ2) is 8.92. The van der Waals surface area contributed by atoms with Crippen LogP contribution in [-0.2, 0) is 0 Å². The second-order valence-electron chi connectivity index (χ2n) is 5.51. The molecular formula is C15H26N4OS. The lowest BCUT2D eigenvalue weighted by atomic mass is 9.94. The molecule has 1 aromatic carbocycles. The van der Waals surface area contributed by atoms with Gasteiger partial charge in [-0.05, 0) is 30.3 Å². The minimum Gasteiger partial charge on any atom is -0.395 e. The Morgan fingerprint density at radius 1 is 1.38 bits per heavy atom. The van der Waals surface area contributed by atoms with Crippen molar-refractivity contribution in [3.05, 3.63) is 24.3 Å². The molecule has 5 N–H and O–H groups in total. The van der Waals surface area contributed by atoms with E-state index in [9.17, 15) is 0 Å². The molecule has 5 nitrogen and oxygen atoms in total. The summed E-state index contributed by atoms with van der Waals surface area (Å²) < 4.78 is 0. The summed E-state index contributed by atoms with van der Waals surface area (Å²) in [5.41, 5.74) is 6.69. The van der Waals surface area contributed by atoms with Crippen molar-refractivity contribution in [3.63, 3.8) is 0 Å². The summed E-state index contributed by atoms with van der Waals surface area (Å²) in [5.74, 6) is 0.659. The SMILES string of the molecule is CSc1ccccc1NC(=NCC(C)(C)CN)NCCO. The number of thioether (sulfide) groups is 1. The first-order valence-corrected chi connectivity index (χ1v) is 8.24. The Morgan fingerprint density at radius 3 is 2.71 bits per heavy atom. The van der Waals surface area contributed by atoms with Gasteiger partial charge in [-0.1, -0.05) is 26.0 Å². The molecule has 0 bridgehead atoms. The third kappa shape index (κ3) is 6.37. The molecule has 0 heterocycles. The molecule has 0 fully saturated rings. The summed E-state index contributed by atoms with van der Waals surface area (Å²) in [6, 6.07) is 8.05. The summed E-state index contributed by atoms with van der Waals surface area (Å²) in [4.78, 5) is 5.72. The second-order valence-corrected chi connectivity index (χ2v) is 6.36. The van der Waals surface area contributed by atoms with Crippen LogP contribution in [0.2, 0.25) is 0 Å². The van der Waals surface area contributed by atoms with Gasteiger partial charge in [0.05, 0.1) is 12.3 Å². The maximum atomic E-state index is 8.99. The quantitative estimate of drug-likeness (QED) is 0.350. The zero-order chi connectivity index (χ0) is 15.7. The Hall–Kier alpha value is -1.24. The highest BCUT2D eigenvalue weighted by Gasteiger charge is 2.15. The highest BCUT2D eigenvalue weighted by molar-refractivity contribution is 7.98. The van der Waals surface area contributed by atoms with E-state index in [-0.39, 0.29) is 12.0 Å². The van der Waals surface area contributed by atoms with Crippen molar-refractivity contribution in [2.45, 2.75) is 18.7 Å². The number of hydrogen-bond donors (Lipinski definition) is 4. The van der Waals surface area contributed by atoms with E-state index in [1.54, 1.807) is 11.8 Å². The molecule has 21 heavy (non-hydrogen) atoms. The Kier molecular flexibility index (Phi) is 7.56. The van der Waals surface area contributed by atoms with Gasteiger partial charge in [0.15, 0.2) is 5.96 Å². The first kappa shape index (κ1) is 17.8. The van der Waals surface area contributed by atoms with Gasteiger partial charge in [0.1, 0.15) is 0 Å². The number of anilines is 1. The third-order valence-electron chi connectivity index (χ3n) is 2.98. The lowest BCUT2D eigenvalue weighted by molar-refractivity contribution is 0.300. The third-order valence-corrected chi connectivity index (χ3v) is 3.78. The molecule has 1 rings (SSSR count). The fraction of sp³-hybridized carbons (Fsp3) is 0.533. The van der Waals surface area contributed by atoms with E-state index in [0.29, 0.717) is 25.6 Å². The Morgan fingerprint density at radius 2 is 2.10 bits per heavy atom. The molecule has 0 aliphatic carbocycles.